The average Bonchev–Trinajstić information content (AvgIpc) is 3.14. The SMILES string of the molecule is CC1CCCC(CCNC2CC(C)N(C3CC3)C2)C1. The van der Waals surface area contributed by atoms with Gasteiger partial charge in [0, 0.05) is 24.7 Å². The van der Waals surface area contributed by atoms with E-state index < -0.39 is 0 Å². The molecule has 0 spiro atoms. The normalized spacial score (nSPS) is 40.7. The summed E-state index contributed by atoms with van der Waals surface area (Å²) in [6.07, 6.45) is 11.6. The molecular weight excluding hydrogens is 232 g/mol. The minimum atomic E-state index is 0.775. The first-order chi connectivity index (χ1) is 9.22. The molecule has 1 heterocycles. The van der Waals surface area contributed by atoms with Crippen molar-refractivity contribution >= 4 is 0 Å². The van der Waals surface area contributed by atoms with Crippen molar-refractivity contribution in [3.8, 4) is 0 Å². The lowest BCUT2D eigenvalue weighted by Gasteiger charge is -2.27. The largest absolute Gasteiger partial charge is 0.313 e. The van der Waals surface area contributed by atoms with E-state index in [9.17, 15) is 0 Å². The monoisotopic (exact) mass is 264 g/mol. The highest BCUT2D eigenvalue weighted by molar-refractivity contribution is 4.95. The predicted octanol–water partition coefficient (Wildman–Crippen LogP) is 3.42. The summed E-state index contributed by atoms with van der Waals surface area (Å²) >= 11 is 0. The van der Waals surface area contributed by atoms with Gasteiger partial charge in [-0.1, -0.05) is 26.2 Å². The maximum atomic E-state index is 3.85. The number of likely N-dealkylation sites (tertiary alicyclic amines) is 1. The van der Waals surface area contributed by atoms with Crippen LogP contribution in [-0.4, -0.2) is 36.1 Å². The zero-order valence-corrected chi connectivity index (χ0v) is 12.9. The van der Waals surface area contributed by atoms with E-state index in [0.717, 1.165) is 30.0 Å². The van der Waals surface area contributed by atoms with Gasteiger partial charge in [-0.2, -0.15) is 0 Å². The van der Waals surface area contributed by atoms with Crippen molar-refractivity contribution in [1.29, 1.82) is 0 Å². The second-order valence-corrected chi connectivity index (χ2v) is 7.59. The van der Waals surface area contributed by atoms with Gasteiger partial charge < -0.3 is 5.32 Å². The Hall–Kier alpha value is -0.0800. The molecule has 0 aromatic heterocycles. The number of hydrogen-bond donors (Lipinski definition) is 1. The summed E-state index contributed by atoms with van der Waals surface area (Å²) in [7, 11) is 0. The molecule has 3 fully saturated rings. The van der Waals surface area contributed by atoms with Gasteiger partial charge in [0.15, 0.2) is 0 Å². The Kier molecular flexibility index (Phi) is 4.48. The molecular formula is C17H32N2. The van der Waals surface area contributed by atoms with E-state index in [4.69, 9.17) is 0 Å². The van der Waals surface area contributed by atoms with Crippen LogP contribution in [0.5, 0.6) is 0 Å². The fraction of sp³-hybridized carbons (Fsp3) is 1.00. The van der Waals surface area contributed by atoms with Crippen LogP contribution in [-0.2, 0) is 0 Å². The molecule has 0 aromatic carbocycles. The molecule has 19 heavy (non-hydrogen) atoms. The highest BCUT2D eigenvalue weighted by Gasteiger charge is 2.38. The summed E-state index contributed by atoms with van der Waals surface area (Å²) in [5, 5.41) is 3.85. The Balaban J connectivity index is 1.34. The van der Waals surface area contributed by atoms with Gasteiger partial charge in [0.25, 0.3) is 0 Å². The van der Waals surface area contributed by atoms with Crippen LogP contribution in [0.4, 0.5) is 0 Å². The van der Waals surface area contributed by atoms with E-state index >= 15 is 0 Å². The zero-order valence-electron chi connectivity index (χ0n) is 12.9. The molecule has 2 nitrogen and oxygen atoms in total. The van der Waals surface area contributed by atoms with Crippen molar-refractivity contribution in [1.82, 2.24) is 10.2 Å². The molecule has 3 rings (SSSR count). The van der Waals surface area contributed by atoms with Gasteiger partial charge in [-0.15, -0.1) is 0 Å². The standard InChI is InChI=1S/C17H32N2/c1-13-4-3-5-15(10-13)8-9-18-16-11-14(2)19(12-16)17-6-7-17/h13-18H,3-12H2,1-2H3. The van der Waals surface area contributed by atoms with Gasteiger partial charge in [-0.25, -0.2) is 0 Å². The Morgan fingerprint density at radius 3 is 2.63 bits per heavy atom. The third-order valence-corrected chi connectivity index (χ3v) is 5.67. The van der Waals surface area contributed by atoms with Crippen molar-refractivity contribution in [2.75, 3.05) is 13.1 Å². The summed E-state index contributed by atoms with van der Waals surface area (Å²) < 4.78 is 0. The molecule has 1 N–H and O–H groups in total. The topological polar surface area (TPSA) is 15.3 Å². The molecule has 110 valence electrons. The van der Waals surface area contributed by atoms with Gasteiger partial charge in [0.2, 0.25) is 0 Å². The first-order valence-electron chi connectivity index (χ1n) is 8.71. The van der Waals surface area contributed by atoms with Gasteiger partial charge in [-0.05, 0) is 57.4 Å². The summed E-state index contributed by atoms with van der Waals surface area (Å²) in [6, 6.07) is 2.54. The van der Waals surface area contributed by atoms with Crippen LogP contribution in [0.3, 0.4) is 0 Å². The minimum absolute atomic E-state index is 0.775. The van der Waals surface area contributed by atoms with E-state index in [-0.39, 0.29) is 0 Å². The molecule has 3 aliphatic rings. The quantitative estimate of drug-likeness (QED) is 0.818. The lowest BCUT2D eigenvalue weighted by Crippen LogP contribution is -2.35. The van der Waals surface area contributed by atoms with Crippen molar-refractivity contribution < 1.29 is 0 Å². The summed E-state index contributed by atoms with van der Waals surface area (Å²) in [5.41, 5.74) is 0. The molecule has 1 saturated heterocycles. The fourth-order valence-corrected chi connectivity index (χ4v) is 4.43. The molecule has 0 radical (unpaired) electrons. The number of hydrogen-bond acceptors (Lipinski definition) is 2. The van der Waals surface area contributed by atoms with Gasteiger partial charge in [-0.3, -0.25) is 4.90 Å². The van der Waals surface area contributed by atoms with Crippen molar-refractivity contribution in [2.24, 2.45) is 11.8 Å². The Labute approximate surface area is 119 Å². The molecule has 1 aliphatic heterocycles. The lowest BCUT2D eigenvalue weighted by molar-refractivity contribution is 0.251. The van der Waals surface area contributed by atoms with E-state index in [1.165, 1.54) is 64.5 Å². The zero-order chi connectivity index (χ0) is 13.2. The maximum absolute atomic E-state index is 3.85. The average molecular weight is 264 g/mol. The van der Waals surface area contributed by atoms with Crippen molar-refractivity contribution in [3.05, 3.63) is 0 Å². The second kappa shape index (κ2) is 6.13. The molecule has 4 atom stereocenters. The van der Waals surface area contributed by atoms with Gasteiger partial charge >= 0.3 is 0 Å². The van der Waals surface area contributed by atoms with E-state index in [0.29, 0.717) is 0 Å². The molecule has 2 heteroatoms. The number of nitrogens with one attached hydrogen (secondary N) is 1. The molecule has 0 aromatic rings. The van der Waals surface area contributed by atoms with Crippen molar-refractivity contribution in [2.45, 2.75) is 83.3 Å². The number of rotatable bonds is 5. The highest BCUT2D eigenvalue weighted by Crippen LogP contribution is 2.33. The molecule has 2 aliphatic carbocycles. The third-order valence-electron chi connectivity index (χ3n) is 5.67. The van der Waals surface area contributed by atoms with Crippen LogP contribution in [0.1, 0.15) is 65.2 Å². The van der Waals surface area contributed by atoms with Crippen LogP contribution < -0.4 is 5.32 Å². The van der Waals surface area contributed by atoms with Gasteiger partial charge in [0.05, 0.1) is 0 Å². The molecule has 0 amide bonds. The Bertz CT molecular complexity index is 287. The second-order valence-electron chi connectivity index (χ2n) is 7.59. The van der Waals surface area contributed by atoms with E-state index in [2.05, 4.69) is 24.1 Å². The highest BCUT2D eigenvalue weighted by atomic mass is 15.3. The Morgan fingerprint density at radius 2 is 1.89 bits per heavy atom. The van der Waals surface area contributed by atoms with Crippen LogP contribution >= 0.6 is 0 Å². The smallest absolute Gasteiger partial charge is 0.0210 e. The fourth-order valence-electron chi connectivity index (χ4n) is 4.43. The van der Waals surface area contributed by atoms with E-state index in [1.807, 2.05) is 0 Å². The third kappa shape index (κ3) is 3.72. The van der Waals surface area contributed by atoms with Crippen LogP contribution in [0, 0.1) is 11.8 Å². The van der Waals surface area contributed by atoms with Gasteiger partial charge in [0.1, 0.15) is 0 Å². The van der Waals surface area contributed by atoms with E-state index in [1.54, 1.807) is 0 Å². The maximum Gasteiger partial charge on any atom is 0.0210 e. The first-order valence-corrected chi connectivity index (χ1v) is 8.71. The lowest BCUT2D eigenvalue weighted by atomic mass is 9.81. The summed E-state index contributed by atoms with van der Waals surface area (Å²) in [6.45, 7) is 7.43. The molecule has 2 saturated carbocycles. The van der Waals surface area contributed by atoms with Crippen molar-refractivity contribution in [3.63, 3.8) is 0 Å². The number of nitrogens with zero attached hydrogens (tertiary/aromatic N) is 1. The first kappa shape index (κ1) is 13.9. The van der Waals surface area contributed by atoms with Crippen LogP contribution in [0.2, 0.25) is 0 Å². The molecule has 4 unspecified atom stereocenters. The summed E-state index contributed by atoms with van der Waals surface area (Å²) in [4.78, 5) is 2.75. The minimum Gasteiger partial charge on any atom is -0.313 e. The van der Waals surface area contributed by atoms with Crippen LogP contribution in [0.25, 0.3) is 0 Å². The summed E-state index contributed by atoms with van der Waals surface area (Å²) in [5.74, 6) is 1.99. The van der Waals surface area contributed by atoms with Crippen LogP contribution in [0.15, 0.2) is 0 Å². The Morgan fingerprint density at radius 1 is 1.05 bits per heavy atom. The predicted molar refractivity (Wildman–Crippen MR) is 81.3 cm³/mol. The molecule has 0 bridgehead atoms.